The highest BCUT2D eigenvalue weighted by atomic mass is 35.5. The Morgan fingerprint density at radius 3 is 2.34 bits per heavy atom. The van der Waals surface area contributed by atoms with Crippen LogP contribution in [0.4, 0.5) is 16.2 Å². The number of carbonyl (C=O) groups excluding carboxylic acids is 2. The van der Waals surface area contributed by atoms with Crippen LogP contribution in [-0.2, 0) is 14.6 Å². The number of ether oxygens (including phenoxy) is 2. The number of sulfone groups is 1. The number of likely N-dealkylation sites (tertiary alicyclic amines) is 1. The molecule has 3 rings (SSSR count). The summed E-state index contributed by atoms with van der Waals surface area (Å²) in [4.78, 5) is 28.5. The fourth-order valence-corrected chi connectivity index (χ4v) is 5.44. The summed E-state index contributed by atoms with van der Waals surface area (Å²) in [6.07, 6.45) is 0.577. The van der Waals surface area contributed by atoms with Crippen molar-refractivity contribution in [1.82, 2.24) is 4.90 Å². The standard InChI is InChI=1S/C26H33Cl2N3O6S/c1-6-38(34,35)23-8-7-16(27)13-21(23)30(5)24(32)18-14-19(28)22(15-20(18)29)36-17-9-11-31(12-10-17)25(33)37-26(2,3)4/h7-8,13-15,17H,6,9-12,29H2,1-5H3. The van der Waals surface area contributed by atoms with E-state index in [-0.39, 0.29) is 49.8 Å². The third kappa shape index (κ3) is 7.03. The Labute approximate surface area is 233 Å². The second-order valence-electron chi connectivity index (χ2n) is 10.0. The molecule has 0 atom stereocenters. The van der Waals surface area contributed by atoms with Crippen LogP contribution >= 0.6 is 23.2 Å². The maximum Gasteiger partial charge on any atom is 0.410 e. The third-order valence-electron chi connectivity index (χ3n) is 6.02. The Bertz CT molecular complexity index is 1320. The highest BCUT2D eigenvalue weighted by Gasteiger charge is 2.29. The number of carbonyl (C=O) groups is 2. The van der Waals surface area contributed by atoms with Crippen LogP contribution in [0.15, 0.2) is 35.2 Å². The topological polar surface area (TPSA) is 119 Å². The molecule has 9 nitrogen and oxygen atoms in total. The molecule has 0 radical (unpaired) electrons. The average molecular weight is 587 g/mol. The fourth-order valence-electron chi connectivity index (χ4n) is 3.97. The van der Waals surface area contributed by atoms with Crippen molar-refractivity contribution in [2.45, 2.75) is 57.1 Å². The van der Waals surface area contributed by atoms with Gasteiger partial charge in [-0.1, -0.05) is 30.1 Å². The minimum absolute atomic E-state index is 0.0115. The molecule has 1 aliphatic rings. The van der Waals surface area contributed by atoms with Crippen molar-refractivity contribution >= 4 is 56.4 Å². The zero-order valence-corrected chi connectivity index (χ0v) is 24.4. The van der Waals surface area contributed by atoms with Gasteiger partial charge in [0, 0.05) is 49.8 Å². The average Bonchev–Trinajstić information content (AvgIpc) is 2.84. The molecule has 2 N–H and O–H groups in total. The third-order valence-corrected chi connectivity index (χ3v) is 8.33. The van der Waals surface area contributed by atoms with E-state index in [1.165, 1.54) is 49.2 Å². The number of nitrogen functional groups attached to an aromatic ring is 1. The molecular weight excluding hydrogens is 553 g/mol. The summed E-state index contributed by atoms with van der Waals surface area (Å²) in [7, 11) is -2.19. The van der Waals surface area contributed by atoms with Crippen molar-refractivity contribution < 1.29 is 27.5 Å². The van der Waals surface area contributed by atoms with Crippen LogP contribution in [0.2, 0.25) is 10.0 Å². The molecule has 0 unspecified atom stereocenters. The molecule has 0 spiro atoms. The van der Waals surface area contributed by atoms with Crippen molar-refractivity contribution in [3.63, 3.8) is 0 Å². The number of rotatable bonds is 6. The lowest BCUT2D eigenvalue weighted by Gasteiger charge is -2.33. The van der Waals surface area contributed by atoms with E-state index in [1.807, 2.05) is 20.8 Å². The summed E-state index contributed by atoms with van der Waals surface area (Å²) in [5.41, 5.74) is 5.99. The second kappa shape index (κ2) is 11.6. The maximum absolute atomic E-state index is 13.4. The number of piperidine rings is 1. The summed E-state index contributed by atoms with van der Waals surface area (Å²) in [6, 6.07) is 7.13. The van der Waals surface area contributed by atoms with Crippen molar-refractivity contribution in [3.8, 4) is 5.75 Å². The van der Waals surface area contributed by atoms with Gasteiger partial charge in [-0.3, -0.25) is 4.79 Å². The van der Waals surface area contributed by atoms with E-state index in [0.717, 1.165) is 0 Å². The molecule has 0 bridgehead atoms. The quantitative estimate of drug-likeness (QED) is 0.449. The number of anilines is 2. The van der Waals surface area contributed by atoms with Crippen LogP contribution in [-0.4, -0.2) is 62.9 Å². The Morgan fingerprint density at radius 1 is 1.13 bits per heavy atom. The van der Waals surface area contributed by atoms with E-state index in [1.54, 1.807) is 4.90 Å². The van der Waals surface area contributed by atoms with Gasteiger partial charge in [-0.2, -0.15) is 0 Å². The van der Waals surface area contributed by atoms with Gasteiger partial charge in [0.2, 0.25) is 0 Å². The van der Waals surface area contributed by atoms with Crippen LogP contribution in [0.25, 0.3) is 0 Å². The lowest BCUT2D eigenvalue weighted by atomic mass is 10.1. The van der Waals surface area contributed by atoms with E-state index in [9.17, 15) is 18.0 Å². The van der Waals surface area contributed by atoms with Crippen molar-refractivity contribution in [1.29, 1.82) is 0 Å². The van der Waals surface area contributed by atoms with Gasteiger partial charge in [-0.25, -0.2) is 13.2 Å². The largest absolute Gasteiger partial charge is 0.489 e. The zero-order chi connectivity index (χ0) is 28.4. The van der Waals surface area contributed by atoms with Crippen molar-refractivity contribution in [2.24, 2.45) is 0 Å². The molecule has 1 fully saturated rings. The molecule has 0 aromatic heterocycles. The maximum atomic E-state index is 13.4. The Balaban J connectivity index is 1.76. The number of hydrogen-bond donors (Lipinski definition) is 1. The summed E-state index contributed by atoms with van der Waals surface area (Å²) < 4.78 is 36.7. The van der Waals surface area contributed by atoms with Gasteiger partial charge < -0.3 is 25.0 Å². The molecule has 2 aromatic carbocycles. The first kappa shape index (κ1) is 29.9. The number of benzene rings is 2. The van der Waals surface area contributed by atoms with Gasteiger partial charge in [0.05, 0.1) is 26.9 Å². The molecule has 208 valence electrons. The zero-order valence-electron chi connectivity index (χ0n) is 22.1. The van der Waals surface area contributed by atoms with E-state index >= 15 is 0 Å². The van der Waals surface area contributed by atoms with Crippen LogP contribution in [0.5, 0.6) is 5.75 Å². The van der Waals surface area contributed by atoms with Gasteiger partial charge in [0.1, 0.15) is 17.5 Å². The minimum atomic E-state index is -3.63. The molecular formula is C26H33Cl2N3O6S. The van der Waals surface area contributed by atoms with E-state index in [0.29, 0.717) is 31.7 Å². The smallest absolute Gasteiger partial charge is 0.410 e. The predicted molar refractivity (Wildman–Crippen MR) is 149 cm³/mol. The first-order valence-corrected chi connectivity index (χ1v) is 14.6. The van der Waals surface area contributed by atoms with Crippen LogP contribution in [0.1, 0.15) is 50.9 Å². The first-order valence-electron chi connectivity index (χ1n) is 12.2. The van der Waals surface area contributed by atoms with Crippen LogP contribution in [0.3, 0.4) is 0 Å². The van der Waals surface area contributed by atoms with Gasteiger partial charge in [-0.05, 0) is 45.0 Å². The number of nitrogens with zero attached hydrogens (tertiary/aromatic N) is 2. The number of amides is 2. The lowest BCUT2D eigenvalue weighted by Crippen LogP contribution is -2.44. The molecule has 1 saturated heterocycles. The van der Waals surface area contributed by atoms with E-state index in [2.05, 4.69) is 0 Å². The molecule has 38 heavy (non-hydrogen) atoms. The van der Waals surface area contributed by atoms with Gasteiger partial charge in [0.15, 0.2) is 9.84 Å². The Hall–Kier alpha value is -2.69. The fraction of sp³-hybridized carbons (Fsp3) is 0.462. The normalized spacial score (nSPS) is 14.8. The van der Waals surface area contributed by atoms with Gasteiger partial charge in [0.25, 0.3) is 5.91 Å². The molecule has 12 heteroatoms. The van der Waals surface area contributed by atoms with E-state index < -0.39 is 21.3 Å². The number of nitrogens with two attached hydrogens (primary N) is 1. The highest BCUT2D eigenvalue weighted by molar-refractivity contribution is 7.91. The first-order chi connectivity index (χ1) is 17.6. The molecule has 1 heterocycles. The van der Waals surface area contributed by atoms with Gasteiger partial charge >= 0.3 is 6.09 Å². The Morgan fingerprint density at radius 2 is 1.76 bits per heavy atom. The SMILES string of the molecule is CCS(=O)(=O)c1ccc(Cl)cc1N(C)C(=O)c1cc(Cl)c(OC2CCN(C(=O)OC(C)(C)C)CC2)cc1N. The van der Waals surface area contributed by atoms with Crippen LogP contribution < -0.4 is 15.4 Å². The second-order valence-corrected chi connectivity index (χ2v) is 13.1. The number of hydrogen-bond acceptors (Lipinski definition) is 7. The van der Waals surface area contributed by atoms with Crippen molar-refractivity contribution in [2.75, 3.05) is 36.5 Å². The molecule has 2 aromatic rings. The predicted octanol–water partition coefficient (Wildman–Crippen LogP) is 5.42. The minimum Gasteiger partial charge on any atom is -0.489 e. The van der Waals surface area contributed by atoms with Crippen LogP contribution in [0, 0.1) is 0 Å². The van der Waals surface area contributed by atoms with E-state index in [4.69, 9.17) is 38.4 Å². The van der Waals surface area contributed by atoms with Gasteiger partial charge in [-0.15, -0.1) is 0 Å². The lowest BCUT2D eigenvalue weighted by molar-refractivity contribution is 0.0126. The summed E-state index contributed by atoms with van der Waals surface area (Å²) >= 11 is 12.6. The Kier molecular flexibility index (Phi) is 9.11. The molecule has 2 amide bonds. The van der Waals surface area contributed by atoms with Crippen molar-refractivity contribution in [3.05, 3.63) is 45.9 Å². The molecule has 0 aliphatic carbocycles. The summed E-state index contributed by atoms with van der Waals surface area (Å²) in [5.74, 6) is -0.382. The summed E-state index contributed by atoms with van der Waals surface area (Å²) in [5, 5.41) is 0.459. The highest BCUT2D eigenvalue weighted by Crippen LogP contribution is 2.35. The monoisotopic (exact) mass is 585 g/mol. The summed E-state index contributed by atoms with van der Waals surface area (Å²) in [6.45, 7) is 7.92. The number of halogens is 2. The molecule has 0 saturated carbocycles. The molecule has 1 aliphatic heterocycles.